The molecule has 1 N–H and O–H groups in total. The summed E-state index contributed by atoms with van der Waals surface area (Å²) < 4.78 is 1.59. The number of benzene rings is 1. The smallest absolute Gasteiger partial charge is 0.311 e. The summed E-state index contributed by atoms with van der Waals surface area (Å²) in [6.07, 6.45) is 5.77. The van der Waals surface area contributed by atoms with Gasteiger partial charge in [-0.2, -0.15) is 0 Å². The normalized spacial score (nSPS) is 25.7. The molecule has 2 atom stereocenters. The van der Waals surface area contributed by atoms with Gasteiger partial charge in [0.1, 0.15) is 0 Å². The van der Waals surface area contributed by atoms with Crippen molar-refractivity contribution in [3.63, 3.8) is 0 Å². The number of carboxylic acid groups (broad SMARTS) is 1. The van der Waals surface area contributed by atoms with E-state index in [1.807, 2.05) is 6.07 Å². The highest BCUT2D eigenvalue weighted by Gasteiger charge is 2.55. The Morgan fingerprint density at radius 2 is 2.21 bits per heavy atom. The number of rotatable bonds is 3. The maximum atomic E-state index is 12.9. The van der Waals surface area contributed by atoms with Crippen molar-refractivity contribution in [2.45, 2.75) is 19.3 Å². The highest BCUT2D eigenvalue weighted by molar-refractivity contribution is 5.95. The Kier molecular flexibility index (Phi) is 3.37. The minimum atomic E-state index is -0.767. The van der Waals surface area contributed by atoms with Gasteiger partial charge in [-0.25, -0.2) is 4.68 Å². The quantitative estimate of drug-likeness (QED) is 0.925. The lowest BCUT2D eigenvalue weighted by atomic mass is 9.81. The van der Waals surface area contributed by atoms with Crippen molar-refractivity contribution >= 4 is 11.9 Å². The van der Waals surface area contributed by atoms with Gasteiger partial charge in [0.25, 0.3) is 5.91 Å². The highest BCUT2D eigenvalue weighted by atomic mass is 16.4. The average Bonchev–Trinajstić information content (AvgIpc) is 3.29. The van der Waals surface area contributed by atoms with Gasteiger partial charge in [0.05, 0.1) is 23.5 Å². The van der Waals surface area contributed by atoms with Gasteiger partial charge in [-0.15, -0.1) is 5.10 Å². The lowest BCUT2D eigenvalue weighted by Crippen LogP contribution is -2.37. The van der Waals surface area contributed by atoms with E-state index < -0.39 is 11.4 Å². The van der Waals surface area contributed by atoms with Crippen LogP contribution in [0.1, 0.15) is 29.6 Å². The van der Waals surface area contributed by atoms with E-state index in [4.69, 9.17) is 0 Å². The Hall–Kier alpha value is -2.70. The second kappa shape index (κ2) is 5.43. The number of fused-ring (bicyclic) bond motifs is 1. The van der Waals surface area contributed by atoms with Gasteiger partial charge in [-0.1, -0.05) is 17.7 Å². The monoisotopic (exact) mass is 326 g/mol. The van der Waals surface area contributed by atoms with Crippen LogP contribution in [-0.4, -0.2) is 50.0 Å². The number of amides is 1. The van der Waals surface area contributed by atoms with Crippen molar-refractivity contribution in [2.75, 3.05) is 13.1 Å². The van der Waals surface area contributed by atoms with Gasteiger partial charge in [0.2, 0.25) is 0 Å². The van der Waals surface area contributed by atoms with Gasteiger partial charge in [0, 0.05) is 18.7 Å². The molecule has 1 aliphatic heterocycles. The minimum absolute atomic E-state index is 0.0671. The largest absolute Gasteiger partial charge is 0.481 e. The second-order valence-corrected chi connectivity index (χ2v) is 6.63. The summed E-state index contributed by atoms with van der Waals surface area (Å²) in [5.41, 5.74) is 0.549. The second-order valence-electron chi connectivity index (χ2n) is 6.63. The maximum Gasteiger partial charge on any atom is 0.311 e. The van der Waals surface area contributed by atoms with Crippen molar-refractivity contribution in [1.82, 2.24) is 19.9 Å². The van der Waals surface area contributed by atoms with E-state index in [-0.39, 0.29) is 11.8 Å². The summed E-state index contributed by atoms with van der Waals surface area (Å²) in [6, 6.07) is 7.17. The molecule has 4 rings (SSSR count). The van der Waals surface area contributed by atoms with Crippen LogP contribution in [-0.2, 0) is 4.79 Å². The first-order valence-corrected chi connectivity index (χ1v) is 8.09. The van der Waals surface area contributed by atoms with Crippen LogP contribution >= 0.6 is 0 Å². The number of aliphatic carboxylic acids is 1. The van der Waals surface area contributed by atoms with Gasteiger partial charge >= 0.3 is 5.97 Å². The Morgan fingerprint density at radius 1 is 1.33 bits per heavy atom. The van der Waals surface area contributed by atoms with Crippen LogP contribution in [0, 0.1) is 11.3 Å². The van der Waals surface area contributed by atoms with E-state index in [2.05, 4.69) is 10.3 Å². The van der Waals surface area contributed by atoms with Crippen molar-refractivity contribution in [1.29, 1.82) is 0 Å². The number of hydrogen-bond donors (Lipinski definition) is 1. The topological polar surface area (TPSA) is 88.3 Å². The molecule has 2 aliphatic rings. The first-order valence-electron chi connectivity index (χ1n) is 8.09. The van der Waals surface area contributed by atoms with Crippen LogP contribution in [0.2, 0.25) is 0 Å². The maximum absolute atomic E-state index is 12.9. The zero-order chi connectivity index (χ0) is 16.7. The Morgan fingerprint density at radius 3 is 2.92 bits per heavy atom. The Bertz CT molecular complexity index is 789. The van der Waals surface area contributed by atoms with Crippen molar-refractivity contribution in [2.24, 2.45) is 11.3 Å². The Balaban J connectivity index is 1.59. The lowest BCUT2D eigenvalue weighted by molar-refractivity contribution is -0.149. The number of nitrogens with zero attached hydrogens (tertiary/aromatic N) is 4. The summed E-state index contributed by atoms with van der Waals surface area (Å²) >= 11 is 0. The molecule has 2 aromatic rings. The summed E-state index contributed by atoms with van der Waals surface area (Å²) in [5.74, 6) is -0.818. The van der Waals surface area contributed by atoms with Crippen LogP contribution in [0.5, 0.6) is 0 Å². The molecule has 1 saturated heterocycles. The molecule has 2 heterocycles. The van der Waals surface area contributed by atoms with Crippen molar-refractivity contribution in [3.05, 3.63) is 42.2 Å². The van der Waals surface area contributed by atoms with Crippen LogP contribution in [0.15, 0.2) is 36.7 Å². The lowest BCUT2D eigenvalue weighted by Gasteiger charge is -2.23. The fourth-order valence-electron chi connectivity index (χ4n) is 4.10. The summed E-state index contributed by atoms with van der Waals surface area (Å²) in [4.78, 5) is 26.3. The van der Waals surface area contributed by atoms with Crippen molar-refractivity contribution in [3.8, 4) is 5.69 Å². The molecule has 0 radical (unpaired) electrons. The molecule has 24 heavy (non-hydrogen) atoms. The zero-order valence-corrected chi connectivity index (χ0v) is 13.1. The van der Waals surface area contributed by atoms with Crippen LogP contribution in [0.3, 0.4) is 0 Å². The van der Waals surface area contributed by atoms with E-state index in [0.29, 0.717) is 25.1 Å². The SMILES string of the molecule is O=C(c1cccc(-n2ccnn2)c1)N1C[C@@H]2CCC[C@@]2(C(=O)O)C1. The molecule has 1 saturated carbocycles. The molecule has 7 heteroatoms. The molecular weight excluding hydrogens is 308 g/mol. The number of carboxylic acids is 1. The summed E-state index contributed by atoms with van der Waals surface area (Å²) in [6.45, 7) is 0.831. The third-order valence-corrected chi connectivity index (χ3v) is 5.36. The van der Waals surface area contributed by atoms with E-state index in [9.17, 15) is 14.7 Å². The first-order chi connectivity index (χ1) is 11.6. The molecule has 0 bridgehead atoms. The third-order valence-electron chi connectivity index (χ3n) is 5.36. The van der Waals surface area contributed by atoms with Gasteiger partial charge in [-0.3, -0.25) is 9.59 Å². The first kappa shape index (κ1) is 14.9. The van der Waals surface area contributed by atoms with Crippen molar-refractivity contribution < 1.29 is 14.7 Å². The van der Waals surface area contributed by atoms with E-state index in [0.717, 1.165) is 18.5 Å². The molecule has 1 amide bonds. The van der Waals surface area contributed by atoms with E-state index in [1.165, 1.54) is 0 Å². The minimum Gasteiger partial charge on any atom is -0.481 e. The fraction of sp³-hybridized carbons (Fsp3) is 0.412. The predicted molar refractivity (Wildman–Crippen MR) is 84.7 cm³/mol. The van der Waals surface area contributed by atoms with Crippen LogP contribution in [0.4, 0.5) is 0 Å². The number of hydrogen-bond acceptors (Lipinski definition) is 4. The van der Waals surface area contributed by atoms with Gasteiger partial charge < -0.3 is 10.0 Å². The molecule has 1 aromatic heterocycles. The van der Waals surface area contributed by atoms with Gasteiger partial charge in [0.15, 0.2) is 0 Å². The number of carbonyl (C=O) groups is 2. The fourth-order valence-corrected chi connectivity index (χ4v) is 4.10. The Labute approximate surface area is 138 Å². The number of likely N-dealkylation sites (tertiary alicyclic amines) is 1. The average molecular weight is 326 g/mol. The summed E-state index contributed by atoms with van der Waals surface area (Å²) in [7, 11) is 0. The van der Waals surface area contributed by atoms with Crippen LogP contribution in [0.25, 0.3) is 5.69 Å². The predicted octanol–water partition coefficient (Wildman–Crippen LogP) is 1.59. The number of carbonyl (C=O) groups excluding carboxylic acids is 1. The standard InChI is InChI=1S/C17H18N4O3/c22-15(12-3-1-5-14(9-12)21-8-7-18-19-21)20-10-13-4-2-6-17(13,11-20)16(23)24/h1,3,5,7-9,13H,2,4,6,10-11H2,(H,23,24)/t13-,17+/m0/s1. The van der Waals surface area contributed by atoms with Gasteiger partial charge in [-0.05, 0) is 37.0 Å². The van der Waals surface area contributed by atoms with E-state index in [1.54, 1.807) is 40.2 Å². The zero-order valence-electron chi connectivity index (χ0n) is 13.1. The summed E-state index contributed by atoms with van der Waals surface area (Å²) in [5, 5.41) is 17.4. The molecular formula is C17H18N4O3. The molecule has 124 valence electrons. The van der Waals surface area contributed by atoms with E-state index >= 15 is 0 Å². The highest BCUT2D eigenvalue weighted by Crippen LogP contribution is 2.49. The third kappa shape index (κ3) is 2.19. The molecule has 1 aromatic carbocycles. The number of aromatic nitrogens is 3. The molecule has 0 spiro atoms. The molecule has 0 unspecified atom stereocenters. The molecule has 2 fully saturated rings. The molecule has 7 nitrogen and oxygen atoms in total. The molecule has 1 aliphatic carbocycles. The van der Waals surface area contributed by atoms with Crippen LogP contribution < -0.4 is 0 Å².